The third-order valence-electron chi connectivity index (χ3n) is 3.00. The van der Waals surface area contributed by atoms with Gasteiger partial charge >= 0.3 is 5.97 Å². The zero-order chi connectivity index (χ0) is 14.4. The average molecular weight is 298 g/mol. The number of aromatic nitrogens is 1. The number of carbonyl (C=O) groups excluding carboxylic acids is 2. The molecule has 0 aromatic carbocycles. The summed E-state index contributed by atoms with van der Waals surface area (Å²) in [4.78, 5) is 27.6. The SMILES string of the molecule is CCOC(=O)Cc1csc(NC(=O)C2CCOCC2)n1. The summed E-state index contributed by atoms with van der Waals surface area (Å²) in [5, 5.41) is 5.09. The van der Waals surface area contributed by atoms with Gasteiger partial charge in [-0.25, -0.2) is 4.98 Å². The molecule has 1 N–H and O–H groups in total. The van der Waals surface area contributed by atoms with Gasteiger partial charge in [0.2, 0.25) is 5.91 Å². The Hall–Kier alpha value is -1.47. The molecule has 6 nitrogen and oxygen atoms in total. The summed E-state index contributed by atoms with van der Waals surface area (Å²) in [6.45, 7) is 3.38. The average Bonchev–Trinajstić information content (AvgIpc) is 2.87. The summed E-state index contributed by atoms with van der Waals surface area (Å²) in [5.41, 5.74) is 0.621. The van der Waals surface area contributed by atoms with Crippen molar-refractivity contribution in [2.75, 3.05) is 25.1 Å². The Kier molecular flexibility index (Phi) is 5.49. The predicted octanol–water partition coefficient (Wildman–Crippen LogP) is 1.61. The van der Waals surface area contributed by atoms with Crippen LogP contribution >= 0.6 is 11.3 Å². The number of hydrogen-bond donors (Lipinski definition) is 1. The minimum atomic E-state index is -0.305. The van der Waals surface area contributed by atoms with Crippen molar-refractivity contribution >= 4 is 28.3 Å². The Morgan fingerprint density at radius 1 is 1.50 bits per heavy atom. The van der Waals surface area contributed by atoms with Crippen LogP contribution in [-0.2, 0) is 25.5 Å². The standard InChI is InChI=1S/C13H18N2O4S/c1-2-19-11(16)7-10-8-20-13(14-10)15-12(17)9-3-5-18-6-4-9/h8-9H,2-7H2,1H3,(H,14,15,17). The number of nitrogens with zero attached hydrogens (tertiary/aromatic N) is 1. The van der Waals surface area contributed by atoms with Gasteiger partial charge in [0.15, 0.2) is 5.13 Å². The predicted molar refractivity (Wildman–Crippen MR) is 74.6 cm³/mol. The number of ether oxygens (including phenoxy) is 2. The largest absolute Gasteiger partial charge is 0.466 e. The van der Waals surface area contributed by atoms with Gasteiger partial charge in [0.1, 0.15) is 0 Å². The minimum absolute atomic E-state index is 0.0128. The first-order valence-electron chi connectivity index (χ1n) is 6.67. The molecule has 1 aromatic rings. The molecule has 0 aliphatic carbocycles. The van der Waals surface area contributed by atoms with E-state index in [-0.39, 0.29) is 24.2 Å². The van der Waals surface area contributed by atoms with E-state index >= 15 is 0 Å². The molecule has 0 unspecified atom stereocenters. The maximum atomic E-state index is 12.0. The van der Waals surface area contributed by atoms with Crippen LogP contribution in [0.5, 0.6) is 0 Å². The van der Waals surface area contributed by atoms with Gasteiger partial charge in [-0.2, -0.15) is 0 Å². The van der Waals surface area contributed by atoms with Gasteiger partial charge in [-0.15, -0.1) is 11.3 Å². The number of rotatable bonds is 5. The fraction of sp³-hybridized carbons (Fsp3) is 0.615. The topological polar surface area (TPSA) is 77.5 Å². The lowest BCUT2D eigenvalue weighted by Gasteiger charge is -2.20. The van der Waals surface area contributed by atoms with Gasteiger partial charge < -0.3 is 14.8 Å². The van der Waals surface area contributed by atoms with Crippen LogP contribution in [-0.4, -0.2) is 36.7 Å². The Labute approximate surface area is 121 Å². The number of amides is 1. The van der Waals surface area contributed by atoms with E-state index in [0.29, 0.717) is 30.6 Å². The van der Waals surface area contributed by atoms with Crippen molar-refractivity contribution in [2.45, 2.75) is 26.2 Å². The lowest BCUT2D eigenvalue weighted by Crippen LogP contribution is -2.28. The molecule has 0 atom stereocenters. The van der Waals surface area contributed by atoms with E-state index in [4.69, 9.17) is 9.47 Å². The Morgan fingerprint density at radius 2 is 2.25 bits per heavy atom. The molecular weight excluding hydrogens is 280 g/mol. The first-order chi connectivity index (χ1) is 9.69. The van der Waals surface area contributed by atoms with Crippen molar-refractivity contribution in [3.05, 3.63) is 11.1 Å². The second kappa shape index (κ2) is 7.35. The summed E-state index contributed by atoms with van der Waals surface area (Å²) in [7, 11) is 0. The second-order valence-electron chi connectivity index (χ2n) is 4.50. The third kappa shape index (κ3) is 4.28. The highest BCUT2D eigenvalue weighted by Gasteiger charge is 2.22. The molecule has 7 heteroatoms. The molecule has 1 fully saturated rings. The van der Waals surface area contributed by atoms with Gasteiger partial charge in [0.25, 0.3) is 0 Å². The molecule has 0 radical (unpaired) electrons. The van der Waals surface area contributed by atoms with Crippen molar-refractivity contribution < 1.29 is 19.1 Å². The van der Waals surface area contributed by atoms with Gasteiger partial charge in [-0.1, -0.05) is 0 Å². The van der Waals surface area contributed by atoms with Gasteiger partial charge in [0, 0.05) is 24.5 Å². The first-order valence-corrected chi connectivity index (χ1v) is 7.55. The Morgan fingerprint density at radius 3 is 2.95 bits per heavy atom. The quantitative estimate of drug-likeness (QED) is 0.836. The summed E-state index contributed by atoms with van der Waals surface area (Å²) in [5.74, 6) is -0.341. The molecule has 2 rings (SSSR count). The number of hydrogen-bond acceptors (Lipinski definition) is 6. The Bertz CT molecular complexity index is 469. The first kappa shape index (κ1) is 14.9. The van der Waals surface area contributed by atoms with Crippen LogP contribution in [0.2, 0.25) is 0 Å². The summed E-state index contributed by atoms with van der Waals surface area (Å²) < 4.78 is 10.1. The Balaban J connectivity index is 1.85. The van der Waals surface area contributed by atoms with Gasteiger partial charge in [-0.3, -0.25) is 9.59 Å². The van der Waals surface area contributed by atoms with Crippen LogP contribution in [0.15, 0.2) is 5.38 Å². The van der Waals surface area contributed by atoms with Crippen LogP contribution in [0, 0.1) is 5.92 Å². The van der Waals surface area contributed by atoms with Crippen LogP contribution < -0.4 is 5.32 Å². The smallest absolute Gasteiger partial charge is 0.311 e. The third-order valence-corrected chi connectivity index (χ3v) is 3.81. The molecule has 2 heterocycles. The molecule has 0 saturated carbocycles. The van der Waals surface area contributed by atoms with Crippen molar-refractivity contribution in [1.29, 1.82) is 0 Å². The van der Waals surface area contributed by atoms with E-state index in [1.165, 1.54) is 11.3 Å². The highest BCUT2D eigenvalue weighted by atomic mass is 32.1. The molecular formula is C13H18N2O4S. The maximum Gasteiger partial charge on any atom is 0.311 e. The van der Waals surface area contributed by atoms with Crippen LogP contribution in [0.1, 0.15) is 25.5 Å². The van der Waals surface area contributed by atoms with Crippen LogP contribution in [0.3, 0.4) is 0 Å². The highest BCUT2D eigenvalue weighted by Crippen LogP contribution is 2.20. The van der Waals surface area contributed by atoms with Crippen molar-refractivity contribution in [3.63, 3.8) is 0 Å². The maximum absolute atomic E-state index is 12.0. The molecule has 1 saturated heterocycles. The zero-order valence-corrected chi connectivity index (χ0v) is 12.2. The molecule has 20 heavy (non-hydrogen) atoms. The van der Waals surface area contributed by atoms with Crippen LogP contribution in [0.25, 0.3) is 0 Å². The van der Waals surface area contributed by atoms with E-state index in [0.717, 1.165) is 12.8 Å². The molecule has 1 amide bonds. The zero-order valence-electron chi connectivity index (χ0n) is 11.4. The highest BCUT2D eigenvalue weighted by molar-refractivity contribution is 7.13. The summed E-state index contributed by atoms with van der Waals surface area (Å²) in [6.07, 6.45) is 1.62. The van der Waals surface area contributed by atoms with E-state index in [2.05, 4.69) is 10.3 Å². The number of thiazole rings is 1. The monoisotopic (exact) mass is 298 g/mol. The fourth-order valence-corrected chi connectivity index (χ4v) is 2.69. The number of nitrogens with one attached hydrogen (secondary N) is 1. The van der Waals surface area contributed by atoms with E-state index in [9.17, 15) is 9.59 Å². The van der Waals surface area contributed by atoms with E-state index in [1.54, 1.807) is 12.3 Å². The number of esters is 1. The van der Waals surface area contributed by atoms with Gasteiger partial charge in [-0.05, 0) is 19.8 Å². The normalized spacial score (nSPS) is 15.8. The number of carbonyl (C=O) groups is 2. The molecule has 0 spiro atoms. The lowest BCUT2D eigenvalue weighted by molar-refractivity contribution is -0.142. The van der Waals surface area contributed by atoms with Crippen LogP contribution in [0.4, 0.5) is 5.13 Å². The van der Waals surface area contributed by atoms with E-state index in [1.807, 2.05) is 0 Å². The summed E-state index contributed by atoms with van der Waals surface area (Å²) >= 11 is 1.32. The molecule has 0 bridgehead atoms. The minimum Gasteiger partial charge on any atom is -0.466 e. The molecule has 1 aliphatic heterocycles. The van der Waals surface area contributed by atoms with Crippen molar-refractivity contribution in [1.82, 2.24) is 4.98 Å². The van der Waals surface area contributed by atoms with E-state index < -0.39 is 0 Å². The second-order valence-corrected chi connectivity index (χ2v) is 5.36. The van der Waals surface area contributed by atoms with Crippen molar-refractivity contribution in [2.24, 2.45) is 5.92 Å². The van der Waals surface area contributed by atoms with Crippen molar-refractivity contribution in [3.8, 4) is 0 Å². The summed E-state index contributed by atoms with van der Waals surface area (Å²) in [6, 6.07) is 0. The number of anilines is 1. The molecule has 110 valence electrons. The van der Waals surface area contributed by atoms with Gasteiger partial charge in [0.05, 0.1) is 18.7 Å². The lowest BCUT2D eigenvalue weighted by atomic mass is 10.00. The molecule has 1 aliphatic rings. The molecule has 1 aromatic heterocycles. The fourth-order valence-electron chi connectivity index (χ4n) is 1.97.